The van der Waals surface area contributed by atoms with Crippen LogP contribution in [0.1, 0.15) is 91.0 Å². The molecule has 0 spiro atoms. The monoisotopic (exact) mass is 764 g/mol. The van der Waals surface area contributed by atoms with Crippen molar-refractivity contribution >= 4 is 56.8 Å². The van der Waals surface area contributed by atoms with Crippen LogP contribution < -0.4 is 10.6 Å². The van der Waals surface area contributed by atoms with Crippen molar-refractivity contribution in [2.45, 2.75) is 103 Å². The number of benzene rings is 3. The first-order valence-corrected chi connectivity index (χ1v) is 19.5. The van der Waals surface area contributed by atoms with E-state index in [1.165, 1.54) is 14.2 Å². The maximum atomic E-state index is 13.9. The van der Waals surface area contributed by atoms with Crippen LogP contribution in [0.4, 0.5) is 9.59 Å². The normalized spacial score (nSPS) is 21.0. The molecule has 4 heterocycles. The third-order valence-corrected chi connectivity index (χ3v) is 11.6. The third kappa shape index (κ3) is 7.12. The Bertz CT molecular complexity index is 2300. The first-order chi connectivity index (χ1) is 26.8. The van der Waals surface area contributed by atoms with Gasteiger partial charge in [-0.1, -0.05) is 52.0 Å². The summed E-state index contributed by atoms with van der Waals surface area (Å²) in [6, 6.07) is 14.6. The van der Waals surface area contributed by atoms with E-state index in [0.717, 1.165) is 81.3 Å². The van der Waals surface area contributed by atoms with E-state index in [-0.39, 0.29) is 47.8 Å². The van der Waals surface area contributed by atoms with E-state index in [0.29, 0.717) is 0 Å². The molecule has 14 nitrogen and oxygen atoms in total. The Morgan fingerprint density at radius 2 is 1.20 bits per heavy atom. The highest BCUT2D eigenvalue weighted by atomic mass is 16.5. The second-order valence-electron chi connectivity index (χ2n) is 16.0. The molecule has 296 valence electrons. The summed E-state index contributed by atoms with van der Waals surface area (Å²) < 4.78 is 9.61. The van der Waals surface area contributed by atoms with Crippen LogP contribution in [0.5, 0.6) is 0 Å². The molecule has 0 aliphatic carbocycles. The largest absolute Gasteiger partial charge is 0.453 e. The van der Waals surface area contributed by atoms with Gasteiger partial charge in [-0.15, -0.1) is 0 Å². The van der Waals surface area contributed by atoms with Crippen molar-refractivity contribution in [1.29, 1.82) is 0 Å². The number of nitrogens with zero attached hydrogens (tertiary/aromatic N) is 4. The lowest BCUT2D eigenvalue weighted by Gasteiger charge is -2.32. The quantitative estimate of drug-likeness (QED) is 0.123. The molecule has 6 atom stereocenters. The van der Waals surface area contributed by atoms with Gasteiger partial charge in [-0.05, 0) is 92.1 Å². The van der Waals surface area contributed by atoms with Crippen LogP contribution >= 0.6 is 0 Å². The zero-order valence-corrected chi connectivity index (χ0v) is 33.3. The Kier molecular flexibility index (Phi) is 10.7. The number of ether oxygens (including phenoxy) is 2. The summed E-state index contributed by atoms with van der Waals surface area (Å²) in [4.78, 5) is 72.7. The summed E-state index contributed by atoms with van der Waals surface area (Å²) in [6.45, 7) is 11.7. The van der Waals surface area contributed by atoms with Gasteiger partial charge in [0.15, 0.2) is 0 Å². The van der Waals surface area contributed by atoms with Gasteiger partial charge < -0.3 is 39.9 Å². The number of nitrogens with one attached hydrogen (secondary N) is 4. The highest BCUT2D eigenvalue weighted by molar-refractivity contribution is 6.05. The maximum absolute atomic E-state index is 13.9. The van der Waals surface area contributed by atoms with E-state index < -0.39 is 24.3 Å². The molecule has 2 aromatic heterocycles. The Morgan fingerprint density at radius 3 is 1.75 bits per heavy atom. The molecule has 0 bridgehead atoms. The molecule has 2 saturated heterocycles. The van der Waals surface area contributed by atoms with E-state index in [2.05, 4.69) is 57.0 Å². The molecule has 3 aromatic carbocycles. The second-order valence-corrected chi connectivity index (χ2v) is 16.0. The van der Waals surface area contributed by atoms with Crippen LogP contribution in [0.3, 0.4) is 0 Å². The number of methoxy groups -OCH3 is 2. The minimum absolute atomic E-state index is 0.0117. The van der Waals surface area contributed by atoms with Crippen molar-refractivity contribution in [1.82, 2.24) is 40.4 Å². The fourth-order valence-electron chi connectivity index (χ4n) is 8.49. The maximum Gasteiger partial charge on any atom is 0.407 e. The lowest BCUT2D eigenvalue weighted by Crippen LogP contribution is -2.52. The molecule has 2 fully saturated rings. The van der Waals surface area contributed by atoms with Gasteiger partial charge in [-0.2, -0.15) is 0 Å². The van der Waals surface area contributed by atoms with Crippen LogP contribution in [-0.2, 0) is 19.1 Å². The molecular weight excluding hydrogens is 713 g/mol. The molecule has 0 saturated carbocycles. The van der Waals surface area contributed by atoms with E-state index >= 15 is 0 Å². The van der Waals surface area contributed by atoms with Crippen LogP contribution in [0, 0.1) is 11.8 Å². The molecule has 0 radical (unpaired) electrons. The van der Waals surface area contributed by atoms with Gasteiger partial charge in [0.1, 0.15) is 23.7 Å². The number of likely N-dealkylation sites (tertiary alicyclic amines) is 2. The summed E-state index contributed by atoms with van der Waals surface area (Å²) in [7, 11) is 2.59. The second kappa shape index (κ2) is 15.5. The van der Waals surface area contributed by atoms with Crippen molar-refractivity contribution < 1.29 is 28.7 Å². The van der Waals surface area contributed by atoms with Gasteiger partial charge in [0.05, 0.1) is 48.4 Å². The highest BCUT2D eigenvalue weighted by Gasteiger charge is 2.42. The number of imidazole rings is 2. The van der Waals surface area contributed by atoms with Crippen molar-refractivity contribution in [2.75, 3.05) is 14.2 Å². The van der Waals surface area contributed by atoms with E-state index in [9.17, 15) is 19.2 Å². The van der Waals surface area contributed by atoms with E-state index in [1.807, 2.05) is 63.5 Å². The number of carbonyl (C=O) groups excluding carboxylic acids is 4. The average molecular weight is 765 g/mol. The number of aromatic amines is 2. The van der Waals surface area contributed by atoms with Crippen LogP contribution in [0.15, 0.2) is 48.5 Å². The molecule has 0 unspecified atom stereocenters. The van der Waals surface area contributed by atoms with Crippen molar-refractivity contribution in [3.63, 3.8) is 0 Å². The van der Waals surface area contributed by atoms with Gasteiger partial charge >= 0.3 is 12.2 Å². The van der Waals surface area contributed by atoms with Gasteiger partial charge in [0, 0.05) is 17.5 Å². The Hall–Kier alpha value is -5.66. The summed E-state index contributed by atoms with van der Waals surface area (Å²) in [5.74, 6) is 0.909. The number of fused-ring (bicyclic) bond motifs is 4. The fourth-order valence-corrected chi connectivity index (χ4v) is 8.49. The number of alkyl carbamates (subject to hydrolysis) is 2. The van der Waals surface area contributed by atoms with Gasteiger partial charge in [-0.3, -0.25) is 9.59 Å². The molecule has 4 N–H and O–H groups in total. The first-order valence-electron chi connectivity index (χ1n) is 19.5. The van der Waals surface area contributed by atoms with Crippen molar-refractivity contribution in [3.05, 3.63) is 60.2 Å². The molecule has 56 heavy (non-hydrogen) atoms. The summed E-state index contributed by atoms with van der Waals surface area (Å²) in [5.41, 5.74) is 5.46. The number of hydrogen-bond acceptors (Lipinski definition) is 8. The number of rotatable bonds is 9. The Labute approximate surface area is 326 Å². The van der Waals surface area contributed by atoms with Gasteiger partial charge in [0.25, 0.3) is 0 Å². The zero-order chi connectivity index (χ0) is 40.0. The van der Waals surface area contributed by atoms with Gasteiger partial charge in [-0.25, -0.2) is 19.6 Å². The van der Waals surface area contributed by atoms with Crippen LogP contribution in [0.25, 0.3) is 44.0 Å². The van der Waals surface area contributed by atoms with Gasteiger partial charge in [0.2, 0.25) is 11.8 Å². The highest BCUT2D eigenvalue weighted by Crippen LogP contribution is 2.39. The summed E-state index contributed by atoms with van der Waals surface area (Å²) in [5, 5.41) is 7.49. The van der Waals surface area contributed by atoms with Crippen molar-refractivity contribution in [2.24, 2.45) is 11.8 Å². The number of carbonyl (C=O) groups is 4. The van der Waals surface area contributed by atoms with Crippen molar-refractivity contribution in [3.8, 4) is 11.1 Å². The average Bonchev–Trinajstić information content (AvgIpc) is 3.98. The minimum atomic E-state index is -0.716. The lowest BCUT2D eigenvalue weighted by molar-refractivity contribution is -0.138. The first kappa shape index (κ1) is 38.6. The zero-order valence-electron chi connectivity index (χ0n) is 33.3. The minimum Gasteiger partial charge on any atom is -0.453 e. The summed E-state index contributed by atoms with van der Waals surface area (Å²) >= 11 is 0. The fraction of sp³-hybridized carbons (Fsp3) is 0.476. The van der Waals surface area contributed by atoms with E-state index in [4.69, 9.17) is 19.4 Å². The summed E-state index contributed by atoms with van der Waals surface area (Å²) in [6.07, 6.45) is 1.91. The molecular formula is C42H52N8O6. The molecule has 2 aliphatic heterocycles. The number of hydrogen-bond donors (Lipinski definition) is 4. The number of H-pyrrole nitrogens is 2. The molecule has 5 aromatic rings. The SMILES string of the molecule is COC(=O)N[C@H](C(=O)N1[C@@H](C)CC[C@H]1c1nc2ccc(-c3ccc4c(ccc5[nH]c([C@@H]6CC[C@H](C)N6C(=O)[C@@H](NC(=O)OC)C(C)C)nc54)c3)cc2[nH]1)C(C)C. The molecule has 4 amide bonds. The predicted molar refractivity (Wildman–Crippen MR) is 214 cm³/mol. The van der Waals surface area contributed by atoms with Crippen LogP contribution in [0.2, 0.25) is 0 Å². The molecule has 14 heteroatoms. The lowest BCUT2D eigenvalue weighted by atomic mass is 10.0. The Balaban J connectivity index is 1.15. The predicted octanol–water partition coefficient (Wildman–Crippen LogP) is 7.12. The third-order valence-electron chi connectivity index (χ3n) is 11.6. The number of amides is 4. The topological polar surface area (TPSA) is 175 Å². The molecule has 2 aliphatic rings. The smallest absolute Gasteiger partial charge is 0.407 e. The number of aromatic nitrogens is 4. The molecule has 7 rings (SSSR count). The standard InChI is InChI=1S/C42H52N8O6/c1-21(2)34(47-41(53)55-7)39(51)49-23(5)9-17-32(49)37-43-29-15-12-26(20-31(29)45-37)25-11-14-28-27(19-25)13-16-30-36(28)46-38(44-30)33-18-10-24(6)50(33)40(52)35(22(3)4)48-42(54)56-8/h11-16,19-24,32-35H,9-10,17-18H2,1-8H3,(H,43,45)(H,44,46)(H,47,53)(H,48,54)/t23-,24-,32-,33-,34-,35-/m0/s1. The Morgan fingerprint density at radius 1 is 0.679 bits per heavy atom. The van der Waals surface area contributed by atoms with Crippen LogP contribution in [-0.4, -0.2) is 92.1 Å². The van der Waals surface area contributed by atoms with E-state index in [1.54, 1.807) is 0 Å².